The van der Waals surface area contributed by atoms with Crippen molar-refractivity contribution in [1.29, 1.82) is 0 Å². The largest absolute Gasteiger partial charge is 0.497 e. The van der Waals surface area contributed by atoms with Crippen LogP contribution in [0.2, 0.25) is 0 Å². The van der Waals surface area contributed by atoms with Gasteiger partial charge in [-0.25, -0.2) is 0 Å². The van der Waals surface area contributed by atoms with Crippen LogP contribution in [0.4, 0.5) is 0 Å². The minimum atomic E-state index is -0.359. The lowest BCUT2D eigenvalue weighted by Gasteiger charge is -2.18. The molecule has 3 N–H and O–H groups in total. The van der Waals surface area contributed by atoms with Crippen molar-refractivity contribution < 1.29 is 9.53 Å². The summed E-state index contributed by atoms with van der Waals surface area (Å²) < 4.78 is 5.18. The number of methoxy groups -OCH3 is 1. The van der Waals surface area contributed by atoms with Crippen LogP contribution in [0.5, 0.6) is 5.75 Å². The Bertz CT molecular complexity index is 577. The molecule has 6 heteroatoms. The molecule has 0 fully saturated rings. The van der Waals surface area contributed by atoms with E-state index in [0.29, 0.717) is 13.1 Å². The highest BCUT2D eigenvalue weighted by molar-refractivity contribution is 5.81. The van der Waals surface area contributed by atoms with Crippen LogP contribution >= 0.6 is 0 Å². The molecule has 0 aliphatic heterocycles. The first kappa shape index (κ1) is 22.8. The molecule has 0 aromatic heterocycles. The molecule has 0 spiro atoms. The van der Waals surface area contributed by atoms with Crippen LogP contribution in [0, 0.1) is 5.41 Å². The summed E-state index contributed by atoms with van der Waals surface area (Å²) in [6.07, 6.45) is 3.17. The van der Waals surface area contributed by atoms with Gasteiger partial charge in [0, 0.05) is 31.6 Å². The molecule has 27 heavy (non-hydrogen) atoms. The number of unbranched alkanes of at least 4 members (excludes halogenated alkanes) is 1. The molecule has 1 amide bonds. The first-order valence-corrected chi connectivity index (χ1v) is 9.80. The Balaban J connectivity index is 2.26. The van der Waals surface area contributed by atoms with E-state index in [1.807, 2.05) is 39.8 Å². The SMILES string of the molecule is CCNC(=NCCCCc1ccc(OC)cc1)NCCNC(=O)C(C)(C)C. The van der Waals surface area contributed by atoms with Crippen molar-refractivity contribution >= 4 is 11.9 Å². The van der Waals surface area contributed by atoms with E-state index >= 15 is 0 Å². The Hall–Kier alpha value is -2.24. The fourth-order valence-corrected chi connectivity index (χ4v) is 2.39. The maximum atomic E-state index is 11.8. The van der Waals surface area contributed by atoms with Crippen molar-refractivity contribution in [2.24, 2.45) is 10.4 Å². The van der Waals surface area contributed by atoms with Gasteiger partial charge >= 0.3 is 0 Å². The van der Waals surface area contributed by atoms with E-state index in [-0.39, 0.29) is 11.3 Å². The minimum absolute atomic E-state index is 0.0600. The van der Waals surface area contributed by atoms with E-state index in [9.17, 15) is 4.79 Å². The Morgan fingerprint density at radius 2 is 1.70 bits per heavy atom. The van der Waals surface area contributed by atoms with Crippen molar-refractivity contribution in [3.8, 4) is 5.75 Å². The Kier molecular flexibility index (Phi) is 10.3. The van der Waals surface area contributed by atoms with Gasteiger partial charge in [0.15, 0.2) is 5.96 Å². The molecular weight excluding hydrogens is 340 g/mol. The molecule has 0 aliphatic rings. The van der Waals surface area contributed by atoms with Gasteiger partial charge in [-0.2, -0.15) is 0 Å². The minimum Gasteiger partial charge on any atom is -0.497 e. The molecule has 0 aliphatic carbocycles. The van der Waals surface area contributed by atoms with Crippen LogP contribution in [0.1, 0.15) is 46.1 Å². The molecule has 0 radical (unpaired) electrons. The first-order valence-electron chi connectivity index (χ1n) is 9.80. The van der Waals surface area contributed by atoms with Crippen molar-refractivity contribution in [3.63, 3.8) is 0 Å². The van der Waals surface area contributed by atoms with Gasteiger partial charge in [0.25, 0.3) is 0 Å². The van der Waals surface area contributed by atoms with Crippen LogP contribution < -0.4 is 20.7 Å². The second-order valence-electron chi connectivity index (χ2n) is 7.50. The van der Waals surface area contributed by atoms with Gasteiger partial charge in [0.2, 0.25) is 5.91 Å². The van der Waals surface area contributed by atoms with Crippen molar-refractivity contribution in [3.05, 3.63) is 29.8 Å². The number of nitrogens with one attached hydrogen (secondary N) is 3. The molecular formula is C21H36N4O2. The second kappa shape index (κ2) is 12.2. The predicted molar refractivity (Wildman–Crippen MR) is 112 cm³/mol. The summed E-state index contributed by atoms with van der Waals surface area (Å²) in [5, 5.41) is 9.42. The van der Waals surface area contributed by atoms with E-state index in [2.05, 4.69) is 33.1 Å². The lowest BCUT2D eigenvalue weighted by molar-refractivity contribution is -0.128. The number of benzene rings is 1. The molecule has 152 valence electrons. The van der Waals surface area contributed by atoms with E-state index in [1.54, 1.807) is 7.11 Å². The maximum absolute atomic E-state index is 11.8. The van der Waals surface area contributed by atoms with E-state index in [1.165, 1.54) is 5.56 Å². The van der Waals surface area contributed by atoms with Gasteiger partial charge in [-0.15, -0.1) is 0 Å². The number of nitrogens with zero attached hydrogens (tertiary/aromatic N) is 1. The van der Waals surface area contributed by atoms with Crippen LogP contribution in [-0.2, 0) is 11.2 Å². The van der Waals surface area contributed by atoms with Crippen LogP contribution in [0.3, 0.4) is 0 Å². The number of carbonyl (C=O) groups is 1. The summed E-state index contributed by atoms with van der Waals surface area (Å²) in [5.41, 5.74) is 0.960. The van der Waals surface area contributed by atoms with Gasteiger partial charge in [0.05, 0.1) is 7.11 Å². The summed E-state index contributed by atoms with van der Waals surface area (Å²) in [6, 6.07) is 8.22. The maximum Gasteiger partial charge on any atom is 0.225 e. The van der Waals surface area contributed by atoms with Gasteiger partial charge in [-0.1, -0.05) is 32.9 Å². The molecule has 0 unspecified atom stereocenters. The van der Waals surface area contributed by atoms with E-state index in [4.69, 9.17) is 4.74 Å². The van der Waals surface area contributed by atoms with Crippen LogP contribution in [0.15, 0.2) is 29.3 Å². The zero-order valence-electron chi connectivity index (χ0n) is 17.5. The summed E-state index contributed by atoms with van der Waals surface area (Å²) in [6.45, 7) is 10.6. The lowest BCUT2D eigenvalue weighted by Crippen LogP contribution is -2.43. The number of ether oxygens (including phenoxy) is 1. The smallest absolute Gasteiger partial charge is 0.225 e. The summed E-state index contributed by atoms with van der Waals surface area (Å²) in [7, 11) is 1.68. The monoisotopic (exact) mass is 376 g/mol. The second-order valence-corrected chi connectivity index (χ2v) is 7.50. The highest BCUT2D eigenvalue weighted by atomic mass is 16.5. The predicted octanol–water partition coefficient (Wildman–Crippen LogP) is 2.74. The number of rotatable bonds is 10. The number of hydrogen-bond acceptors (Lipinski definition) is 3. The third-order valence-corrected chi connectivity index (χ3v) is 4.03. The van der Waals surface area contributed by atoms with Crippen LogP contribution in [0.25, 0.3) is 0 Å². The first-order chi connectivity index (χ1) is 12.9. The molecule has 0 saturated carbocycles. The zero-order chi connectivity index (χ0) is 20.1. The average molecular weight is 377 g/mol. The molecule has 0 heterocycles. The lowest BCUT2D eigenvalue weighted by atomic mass is 9.96. The number of hydrogen-bond donors (Lipinski definition) is 3. The summed E-state index contributed by atoms with van der Waals surface area (Å²) in [5.74, 6) is 1.75. The average Bonchev–Trinajstić information content (AvgIpc) is 2.64. The quantitative estimate of drug-likeness (QED) is 0.333. The van der Waals surface area contributed by atoms with Crippen molar-refractivity contribution in [2.75, 3.05) is 33.3 Å². The fraction of sp³-hybridized carbons (Fsp3) is 0.619. The molecule has 1 aromatic carbocycles. The number of aliphatic imine (C=N–C) groups is 1. The van der Waals surface area contributed by atoms with Gasteiger partial charge in [-0.3, -0.25) is 9.79 Å². The molecule has 6 nitrogen and oxygen atoms in total. The molecule has 1 aromatic rings. The van der Waals surface area contributed by atoms with Crippen molar-refractivity contribution in [2.45, 2.75) is 47.0 Å². The highest BCUT2D eigenvalue weighted by Gasteiger charge is 2.20. The van der Waals surface area contributed by atoms with Gasteiger partial charge < -0.3 is 20.7 Å². The third kappa shape index (κ3) is 9.87. The topological polar surface area (TPSA) is 74.8 Å². The Morgan fingerprint density at radius 3 is 2.30 bits per heavy atom. The standard InChI is InChI=1S/C21H36N4O2/c1-6-22-20(25-16-15-23-19(26)21(2,3)4)24-14-8-7-9-17-10-12-18(27-5)13-11-17/h10-13H,6-9,14-16H2,1-5H3,(H,23,26)(H2,22,24,25). The molecule has 0 bridgehead atoms. The summed E-state index contributed by atoms with van der Waals surface area (Å²) >= 11 is 0. The fourth-order valence-electron chi connectivity index (χ4n) is 2.39. The molecule has 0 saturated heterocycles. The third-order valence-electron chi connectivity index (χ3n) is 4.03. The number of carbonyl (C=O) groups excluding carboxylic acids is 1. The number of guanidine groups is 1. The van der Waals surface area contributed by atoms with Gasteiger partial charge in [0.1, 0.15) is 5.75 Å². The summed E-state index contributed by atoms with van der Waals surface area (Å²) in [4.78, 5) is 16.4. The Morgan fingerprint density at radius 1 is 1.04 bits per heavy atom. The highest BCUT2D eigenvalue weighted by Crippen LogP contribution is 2.13. The van der Waals surface area contributed by atoms with Crippen molar-refractivity contribution in [1.82, 2.24) is 16.0 Å². The van der Waals surface area contributed by atoms with Crippen LogP contribution in [-0.4, -0.2) is 45.2 Å². The molecule has 0 atom stereocenters. The number of aryl methyl sites for hydroxylation is 1. The molecule has 1 rings (SSSR count). The van der Waals surface area contributed by atoms with E-state index < -0.39 is 0 Å². The van der Waals surface area contributed by atoms with E-state index in [0.717, 1.165) is 44.1 Å². The zero-order valence-corrected chi connectivity index (χ0v) is 17.5. The normalized spacial score (nSPS) is 11.8. The Labute approximate surface area is 164 Å². The number of amides is 1. The van der Waals surface area contributed by atoms with Gasteiger partial charge in [-0.05, 0) is 43.9 Å².